The quantitative estimate of drug-likeness (QED) is 0.862. The summed E-state index contributed by atoms with van der Waals surface area (Å²) in [6.45, 7) is 7.23. The Bertz CT molecular complexity index is 384. The molecule has 0 radical (unpaired) electrons. The van der Waals surface area contributed by atoms with Crippen LogP contribution >= 0.6 is 0 Å². The highest BCUT2D eigenvalue weighted by Crippen LogP contribution is 2.40. The van der Waals surface area contributed by atoms with Crippen LogP contribution in [0.15, 0.2) is 30.3 Å². The molecule has 1 N–H and O–H groups in total. The topological polar surface area (TPSA) is 18.5 Å². The first kappa shape index (κ1) is 13.1. The van der Waals surface area contributed by atoms with Crippen molar-refractivity contribution in [2.24, 2.45) is 0 Å². The van der Waals surface area contributed by atoms with E-state index in [1.807, 2.05) is 0 Å². The maximum absolute atomic E-state index is 3.71. The maximum atomic E-state index is 3.71. The molecule has 1 aliphatic carbocycles. The first-order valence-corrected chi connectivity index (χ1v) is 7.52. The van der Waals surface area contributed by atoms with Crippen LogP contribution < -0.4 is 5.32 Å². The Morgan fingerprint density at radius 3 is 2.58 bits per heavy atom. The first-order chi connectivity index (χ1) is 9.33. The number of nitrogens with zero attached hydrogens (tertiary/aromatic N) is 2. The highest BCUT2D eigenvalue weighted by atomic mass is 15.2. The lowest BCUT2D eigenvalue weighted by Crippen LogP contribution is -2.46. The summed E-state index contributed by atoms with van der Waals surface area (Å²) in [6, 6.07) is 11.6. The van der Waals surface area contributed by atoms with E-state index < -0.39 is 0 Å². The van der Waals surface area contributed by atoms with Crippen LogP contribution in [0.4, 0.5) is 0 Å². The van der Waals surface area contributed by atoms with E-state index in [2.05, 4.69) is 52.5 Å². The Labute approximate surface area is 116 Å². The monoisotopic (exact) mass is 259 g/mol. The van der Waals surface area contributed by atoms with Gasteiger partial charge < -0.3 is 10.2 Å². The van der Waals surface area contributed by atoms with Crippen LogP contribution in [0, 0.1) is 0 Å². The third kappa shape index (κ3) is 3.56. The van der Waals surface area contributed by atoms with Crippen LogP contribution in [0.5, 0.6) is 0 Å². The molecule has 0 aromatic heterocycles. The number of likely N-dealkylation sites (N-methyl/N-ethyl adjacent to an activating group) is 1. The second-order valence-electron chi connectivity index (χ2n) is 5.96. The molecule has 0 amide bonds. The molecule has 3 heteroatoms. The summed E-state index contributed by atoms with van der Waals surface area (Å²) in [6.07, 6.45) is 1.31. The van der Waals surface area contributed by atoms with Crippen LogP contribution in [0.3, 0.4) is 0 Å². The fourth-order valence-corrected chi connectivity index (χ4v) is 2.97. The number of rotatable bonds is 5. The molecule has 104 valence electrons. The standard InChI is InChI=1S/C16H25N3/c1-18-9-11-19(12-10-18)8-7-17-16-13-15(16)14-5-3-2-4-6-14/h2-6,15-17H,7-13H2,1H3/t15-,16+/m0/s1. The van der Waals surface area contributed by atoms with Gasteiger partial charge in [0.2, 0.25) is 0 Å². The normalized spacial score (nSPS) is 28.5. The van der Waals surface area contributed by atoms with Crippen molar-refractivity contribution in [1.82, 2.24) is 15.1 Å². The van der Waals surface area contributed by atoms with Crippen LogP contribution in [-0.4, -0.2) is 62.2 Å². The molecule has 0 spiro atoms. The van der Waals surface area contributed by atoms with Gasteiger partial charge in [0, 0.05) is 51.2 Å². The van der Waals surface area contributed by atoms with Crippen molar-refractivity contribution in [3.05, 3.63) is 35.9 Å². The molecule has 1 saturated carbocycles. The minimum atomic E-state index is 0.717. The van der Waals surface area contributed by atoms with Crippen LogP contribution in [0.2, 0.25) is 0 Å². The van der Waals surface area contributed by atoms with Crippen molar-refractivity contribution in [2.75, 3.05) is 46.3 Å². The number of benzene rings is 1. The summed E-state index contributed by atoms with van der Waals surface area (Å²) >= 11 is 0. The fourth-order valence-electron chi connectivity index (χ4n) is 2.97. The zero-order valence-corrected chi connectivity index (χ0v) is 11.9. The largest absolute Gasteiger partial charge is 0.312 e. The van der Waals surface area contributed by atoms with Gasteiger partial charge in [-0.05, 0) is 19.0 Å². The SMILES string of the molecule is CN1CCN(CCN[C@@H]2C[C@H]2c2ccccc2)CC1. The van der Waals surface area contributed by atoms with Gasteiger partial charge in [-0.1, -0.05) is 30.3 Å². The summed E-state index contributed by atoms with van der Waals surface area (Å²) < 4.78 is 0. The van der Waals surface area contributed by atoms with Gasteiger partial charge in [-0.25, -0.2) is 0 Å². The van der Waals surface area contributed by atoms with Gasteiger partial charge in [-0.3, -0.25) is 4.90 Å². The van der Waals surface area contributed by atoms with E-state index in [-0.39, 0.29) is 0 Å². The maximum Gasteiger partial charge on any atom is 0.0143 e. The number of nitrogens with one attached hydrogen (secondary N) is 1. The molecule has 3 nitrogen and oxygen atoms in total. The van der Waals surface area contributed by atoms with Crippen LogP contribution in [-0.2, 0) is 0 Å². The second-order valence-corrected chi connectivity index (χ2v) is 5.96. The van der Waals surface area contributed by atoms with Gasteiger partial charge >= 0.3 is 0 Å². The first-order valence-electron chi connectivity index (χ1n) is 7.52. The molecule has 2 fully saturated rings. The molecule has 2 atom stereocenters. The number of hydrogen-bond donors (Lipinski definition) is 1. The second kappa shape index (κ2) is 6.04. The van der Waals surface area contributed by atoms with Gasteiger partial charge in [0.1, 0.15) is 0 Å². The highest BCUT2D eigenvalue weighted by molar-refractivity contribution is 5.27. The van der Waals surface area contributed by atoms with E-state index >= 15 is 0 Å². The Balaban J connectivity index is 1.34. The number of hydrogen-bond acceptors (Lipinski definition) is 3. The van der Waals surface area contributed by atoms with E-state index in [9.17, 15) is 0 Å². The minimum absolute atomic E-state index is 0.717. The molecule has 1 aromatic carbocycles. The van der Waals surface area contributed by atoms with E-state index in [0.717, 1.165) is 18.5 Å². The van der Waals surface area contributed by atoms with E-state index in [4.69, 9.17) is 0 Å². The average molecular weight is 259 g/mol. The molecule has 1 aliphatic heterocycles. The zero-order chi connectivity index (χ0) is 13.1. The van der Waals surface area contributed by atoms with Crippen molar-refractivity contribution >= 4 is 0 Å². The smallest absolute Gasteiger partial charge is 0.0143 e. The van der Waals surface area contributed by atoms with Gasteiger partial charge in [0.05, 0.1) is 0 Å². The molecule has 2 aliphatic rings. The van der Waals surface area contributed by atoms with Gasteiger partial charge in [-0.2, -0.15) is 0 Å². The van der Waals surface area contributed by atoms with Crippen LogP contribution in [0.25, 0.3) is 0 Å². The van der Waals surface area contributed by atoms with Crippen molar-refractivity contribution in [1.29, 1.82) is 0 Å². The Kier molecular flexibility index (Phi) is 4.16. The summed E-state index contributed by atoms with van der Waals surface area (Å²) in [4.78, 5) is 4.99. The Hall–Kier alpha value is -0.900. The predicted molar refractivity (Wildman–Crippen MR) is 79.5 cm³/mol. The molecular formula is C16H25N3. The molecule has 0 bridgehead atoms. The minimum Gasteiger partial charge on any atom is -0.312 e. The van der Waals surface area contributed by atoms with Crippen molar-refractivity contribution in [3.8, 4) is 0 Å². The molecule has 0 unspecified atom stereocenters. The average Bonchev–Trinajstić information content (AvgIpc) is 3.22. The lowest BCUT2D eigenvalue weighted by molar-refractivity contribution is 0.154. The summed E-state index contributed by atoms with van der Waals surface area (Å²) in [7, 11) is 2.21. The molecule has 1 heterocycles. The third-order valence-corrected chi connectivity index (χ3v) is 4.45. The van der Waals surface area contributed by atoms with E-state index in [1.165, 1.54) is 44.7 Å². The predicted octanol–water partition coefficient (Wildman–Crippen LogP) is 1.38. The summed E-state index contributed by atoms with van der Waals surface area (Å²) in [5.41, 5.74) is 1.50. The third-order valence-electron chi connectivity index (χ3n) is 4.45. The number of piperazine rings is 1. The summed E-state index contributed by atoms with van der Waals surface area (Å²) in [5.74, 6) is 0.758. The lowest BCUT2D eigenvalue weighted by atomic mass is 10.1. The zero-order valence-electron chi connectivity index (χ0n) is 11.9. The molecule has 3 rings (SSSR count). The molecule has 1 saturated heterocycles. The molecule has 1 aromatic rings. The van der Waals surface area contributed by atoms with Crippen molar-refractivity contribution in [2.45, 2.75) is 18.4 Å². The van der Waals surface area contributed by atoms with E-state index in [0.29, 0.717) is 0 Å². The van der Waals surface area contributed by atoms with Gasteiger partial charge in [0.15, 0.2) is 0 Å². The fraction of sp³-hybridized carbons (Fsp3) is 0.625. The Morgan fingerprint density at radius 1 is 1.11 bits per heavy atom. The molecular weight excluding hydrogens is 234 g/mol. The lowest BCUT2D eigenvalue weighted by Gasteiger charge is -2.32. The van der Waals surface area contributed by atoms with Gasteiger partial charge in [0.25, 0.3) is 0 Å². The summed E-state index contributed by atoms with van der Waals surface area (Å²) in [5, 5.41) is 3.71. The highest BCUT2D eigenvalue weighted by Gasteiger charge is 2.37. The van der Waals surface area contributed by atoms with Crippen molar-refractivity contribution < 1.29 is 0 Å². The molecule has 19 heavy (non-hydrogen) atoms. The van der Waals surface area contributed by atoms with Crippen LogP contribution in [0.1, 0.15) is 17.9 Å². The van der Waals surface area contributed by atoms with Gasteiger partial charge in [-0.15, -0.1) is 0 Å². The Morgan fingerprint density at radius 2 is 1.84 bits per heavy atom. The van der Waals surface area contributed by atoms with Crippen molar-refractivity contribution in [3.63, 3.8) is 0 Å². The van der Waals surface area contributed by atoms with E-state index in [1.54, 1.807) is 0 Å².